The fourth-order valence-corrected chi connectivity index (χ4v) is 2.96. The molecule has 1 heterocycles. The summed E-state index contributed by atoms with van der Waals surface area (Å²) >= 11 is 3.44. The molecule has 106 valence electrons. The number of hydrogen-bond acceptors (Lipinski definition) is 3. The second-order valence-electron chi connectivity index (χ2n) is 5.05. The number of carbonyl (C=O) groups excluding carboxylic acids is 1. The lowest BCUT2D eigenvalue weighted by Gasteiger charge is -2.32. The number of rotatable bonds is 1. The van der Waals surface area contributed by atoms with E-state index in [1.54, 1.807) is 4.90 Å². The second kappa shape index (κ2) is 5.84. The van der Waals surface area contributed by atoms with Gasteiger partial charge in [-0.2, -0.15) is 5.26 Å². The highest BCUT2D eigenvalue weighted by Crippen LogP contribution is 2.22. The van der Waals surface area contributed by atoms with Gasteiger partial charge in [-0.3, -0.25) is 4.79 Å². The first-order chi connectivity index (χ1) is 10.2. The number of piperazine rings is 1. The van der Waals surface area contributed by atoms with Crippen LogP contribution in [0, 0.1) is 11.3 Å². The van der Waals surface area contributed by atoms with Crippen LogP contribution in [0.15, 0.2) is 40.9 Å². The Morgan fingerprint density at radius 1 is 1.29 bits per heavy atom. The van der Waals surface area contributed by atoms with E-state index in [2.05, 4.69) is 27.3 Å². The van der Waals surface area contributed by atoms with E-state index in [0.29, 0.717) is 18.7 Å². The smallest absolute Gasteiger partial charge is 0.255 e. The van der Waals surface area contributed by atoms with E-state index >= 15 is 0 Å². The number of hydrogen-bond donors (Lipinski definition) is 1. The van der Waals surface area contributed by atoms with E-state index in [0.717, 1.165) is 21.8 Å². The van der Waals surface area contributed by atoms with Crippen LogP contribution in [-0.2, 0) is 0 Å². The van der Waals surface area contributed by atoms with Crippen molar-refractivity contribution in [2.45, 2.75) is 6.04 Å². The van der Waals surface area contributed by atoms with Gasteiger partial charge in [0.25, 0.3) is 5.91 Å². The van der Waals surface area contributed by atoms with Crippen molar-refractivity contribution in [1.29, 1.82) is 5.26 Å². The predicted molar refractivity (Wildman–Crippen MR) is 85.0 cm³/mol. The number of nitrogens with one attached hydrogen (secondary N) is 1. The highest BCUT2D eigenvalue weighted by molar-refractivity contribution is 9.10. The highest BCUT2D eigenvalue weighted by Gasteiger charge is 2.27. The Morgan fingerprint density at radius 3 is 2.86 bits per heavy atom. The van der Waals surface area contributed by atoms with Gasteiger partial charge in [-0.1, -0.05) is 28.1 Å². The molecular formula is C16H14BrN3O. The zero-order valence-electron chi connectivity index (χ0n) is 11.3. The Balaban J connectivity index is 1.94. The third kappa shape index (κ3) is 2.78. The fourth-order valence-electron chi connectivity index (χ4n) is 2.58. The van der Waals surface area contributed by atoms with Crippen molar-refractivity contribution < 1.29 is 4.79 Å². The summed E-state index contributed by atoms with van der Waals surface area (Å²) in [6.07, 6.45) is 0. The molecule has 0 aromatic heterocycles. The van der Waals surface area contributed by atoms with Crippen LogP contribution in [0.1, 0.15) is 10.4 Å². The van der Waals surface area contributed by atoms with Gasteiger partial charge in [0.1, 0.15) is 6.04 Å². The Bertz CT molecular complexity index is 738. The van der Waals surface area contributed by atoms with Crippen LogP contribution >= 0.6 is 15.9 Å². The van der Waals surface area contributed by atoms with Crippen LogP contribution in [0.25, 0.3) is 10.8 Å². The molecule has 5 heteroatoms. The molecule has 3 rings (SSSR count). The summed E-state index contributed by atoms with van der Waals surface area (Å²) in [5.74, 6) is -0.0760. The van der Waals surface area contributed by atoms with Crippen molar-refractivity contribution in [3.8, 4) is 6.07 Å². The minimum Gasteiger partial charge on any atom is -0.320 e. The number of amides is 1. The maximum absolute atomic E-state index is 12.6. The number of benzene rings is 2. The van der Waals surface area contributed by atoms with Gasteiger partial charge in [0.05, 0.1) is 6.07 Å². The zero-order valence-corrected chi connectivity index (χ0v) is 12.9. The molecule has 0 saturated carbocycles. The van der Waals surface area contributed by atoms with Crippen LogP contribution < -0.4 is 5.32 Å². The average Bonchev–Trinajstić information content (AvgIpc) is 2.53. The first-order valence-electron chi connectivity index (χ1n) is 6.79. The molecule has 0 bridgehead atoms. The molecule has 1 amide bonds. The topological polar surface area (TPSA) is 56.1 Å². The Kier molecular flexibility index (Phi) is 3.91. The average molecular weight is 344 g/mol. The maximum atomic E-state index is 12.6. The first kappa shape index (κ1) is 14.1. The molecule has 2 aromatic carbocycles. The highest BCUT2D eigenvalue weighted by atomic mass is 79.9. The second-order valence-corrected chi connectivity index (χ2v) is 5.97. The van der Waals surface area contributed by atoms with Gasteiger partial charge in [0, 0.05) is 29.7 Å². The predicted octanol–water partition coefficient (Wildman–Crippen LogP) is 2.54. The third-order valence-corrected chi connectivity index (χ3v) is 4.20. The lowest BCUT2D eigenvalue weighted by molar-refractivity contribution is 0.0687. The van der Waals surface area contributed by atoms with E-state index in [1.165, 1.54) is 0 Å². The minimum atomic E-state index is -0.396. The maximum Gasteiger partial charge on any atom is 0.255 e. The van der Waals surface area contributed by atoms with Crippen LogP contribution in [0.4, 0.5) is 0 Å². The summed E-state index contributed by atoms with van der Waals surface area (Å²) in [5.41, 5.74) is 0.631. The molecule has 1 aliphatic rings. The van der Waals surface area contributed by atoms with Crippen molar-refractivity contribution in [3.05, 3.63) is 46.4 Å². The Morgan fingerprint density at radius 2 is 2.05 bits per heavy atom. The minimum absolute atomic E-state index is 0.0760. The van der Waals surface area contributed by atoms with Crippen molar-refractivity contribution in [1.82, 2.24) is 10.2 Å². The summed E-state index contributed by atoms with van der Waals surface area (Å²) in [4.78, 5) is 14.3. The van der Waals surface area contributed by atoms with Crippen molar-refractivity contribution in [3.63, 3.8) is 0 Å². The number of nitriles is 1. The molecule has 21 heavy (non-hydrogen) atoms. The molecule has 1 N–H and O–H groups in total. The standard InChI is InChI=1S/C16H14BrN3O/c17-14-4-3-11-7-13(2-1-12(11)8-14)16(21)20-6-5-19-10-15(20)9-18/h1-4,7-8,15,19H,5-6,10H2. The summed E-state index contributed by atoms with van der Waals surface area (Å²) in [7, 11) is 0. The van der Waals surface area contributed by atoms with Gasteiger partial charge in [-0.25, -0.2) is 0 Å². The van der Waals surface area contributed by atoms with Crippen molar-refractivity contribution in [2.24, 2.45) is 0 Å². The summed E-state index contributed by atoms with van der Waals surface area (Å²) in [6, 6.07) is 13.4. The SMILES string of the molecule is N#CC1CNCCN1C(=O)c1ccc2cc(Br)ccc2c1. The van der Waals surface area contributed by atoms with Gasteiger partial charge in [0.15, 0.2) is 0 Å². The molecule has 1 unspecified atom stereocenters. The van der Waals surface area contributed by atoms with Gasteiger partial charge in [-0.05, 0) is 35.0 Å². The third-order valence-electron chi connectivity index (χ3n) is 3.70. The van der Waals surface area contributed by atoms with Crippen molar-refractivity contribution >= 4 is 32.6 Å². The lowest BCUT2D eigenvalue weighted by atomic mass is 10.1. The number of fused-ring (bicyclic) bond motifs is 1. The molecule has 1 saturated heterocycles. The first-order valence-corrected chi connectivity index (χ1v) is 7.59. The number of nitrogens with zero attached hydrogens (tertiary/aromatic N) is 2. The monoisotopic (exact) mass is 343 g/mol. The van der Waals surface area contributed by atoms with Gasteiger partial charge in [0.2, 0.25) is 0 Å². The van der Waals surface area contributed by atoms with Crippen LogP contribution in [0.5, 0.6) is 0 Å². The zero-order chi connectivity index (χ0) is 14.8. The van der Waals surface area contributed by atoms with Gasteiger partial charge in [-0.15, -0.1) is 0 Å². The van der Waals surface area contributed by atoms with Crippen molar-refractivity contribution in [2.75, 3.05) is 19.6 Å². The van der Waals surface area contributed by atoms with E-state index in [9.17, 15) is 10.1 Å². The van der Waals surface area contributed by atoms with E-state index in [1.807, 2.05) is 36.4 Å². The number of halogens is 1. The fraction of sp³-hybridized carbons (Fsp3) is 0.250. The molecule has 2 aromatic rings. The normalized spacial score (nSPS) is 18.5. The number of carbonyl (C=O) groups is 1. The molecule has 1 atom stereocenters. The van der Waals surface area contributed by atoms with Crippen LogP contribution in [0.2, 0.25) is 0 Å². The lowest BCUT2D eigenvalue weighted by Crippen LogP contribution is -2.53. The molecule has 1 fully saturated rings. The molecule has 1 aliphatic heterocycles. The van der Waals surface area contributed by atoms with Crippen LogP contribution in [-0.4, -0.2) is 36.5 Å². The Hall–Kier alpha value is -1.90. The summed E-state index contributed by atoms with van der Waals surface area (Å²) in [5, 5.41) is 14.4. The molecule has 4 nitrogen and oxygen atoms in total. The summed E-state index contributed by atoms with van der Waals surface area (Å²) < 4.78 is 1.01. The largest absolute Gasteiger partial charge is 0.320 e. The van der Waals surface area contributed by atoms with E-state index in [-0.39, 0.29) is 5.91 Å². The van der Waals surface area contributed by atoms with Gasteiger partial charge < -0.3 is 10.2 Å². The van der Waals surface area contributed by atoms with Gasteiger partial charge >= 0.3 is 0 Å². The van der Waals surface area contributed by atoms with E-state index < -0.39 is 6.04 Å². The summed E-state index contributed by atoms with van der Waals surface area (Å²) in [6.45, 7) is 1.82. The molecule has 0 spiro atoms. The van der Waals surface area contributed by atoms with E-state index in [4.69, 9.17) is 0 Å². The Labute approximate surface area is 131 Å². The quantitative estimate of drug-likeness (QED) is 0.865. The molecular weight excluding hydrogens is 330 g/mol. The molecule has 0 radical (unpaired) electrons. The molecule has 0 aliphatic carbocycles. The van der Waals surface area contributed by atoms with Crippen LogP contribution in [0.3, 0.4) is 0 Å².